The molecule has 0 amide bonds. The molecule has 0 aliphatic rings. The fourth-order valence-electron chi connectivity index (χ4n) is 1.85. The third kappa shape index (κ3) is 2.96. The molecule has 18 heavy (non-hydrogen) atoms. The number of hydrogen-bond donors (Lipinski definition) is 0. The molecule has 0 N–H and O–H groups in total. The van der Waals surface area contributed by atoms with Gasteiger partial charge in [-0.25, -0.2) is 0 Å². The monoisotopic (exact) mass is 324 g/mol. The Labute approximate surface area is 121 Å². The van der Waals surface area contributed by atoms with Crippen molar-refractivity contribution >= 4 is 27.3 Å². The average molecular weight is 325 g/mol. The van der Waals surface area contributed by atoms with Crippen LogP contribution in [0.4, 0.5) is 0 Å². The zero-order valence-corrected chi connectivity index (χ0v) is 13.1. The first kappa shape index (κ1) is 13.6. The van der Waals surface area contributed by atoms with E-state index < -0.39 is 0 Å². The van der Waals surface area contributed by atoms with Gasteiger partial charge in [-0.15, -0.1) is 11.3 Å². The highest BCUT2D eigenvalue weighted by atomic mass is 79.9. The molecule has 1 aromatic carbocycles. The third-order valence-electron chi connectivity index (χ3n) is 2.77. The number of halogens is 1. The zero-order chi connectivity index (χ0) is 13.0. The Morgan fingerprint density at radius 3 is 2.61 bits per heavy atom. The molecule has 0 saturated heterocycles. The molecule has 0 fully saturated rings. The molecule has 2 rings (SSSR count). The lowest BCUT2D eigenvalue weighted by Crippen LogP contribution is -1.98. The van der Waals surface area contributed by atoms with Crippen LogP contribution in [0.2, 0.25) is 0 Å². The lowest BCUT2D eigenvalue weighted by molar-refractivity contribution is 0.337. The summed E-state index contributed by atoms with van der Waals surface area (Å²) in [4.78, 5) is 2.97. The number of para-hydroxylation sites is 1. The summed E-state index contributed by atoms with van der Waals surface area (Å²) >= 11 is 5.65. The van der Waals surface area contributed by atoms with Crippen molar-refractivity contribution in [1.82, 2.24) is 0 Å². The average Bonchev–Trinajstić information content (AvgIpc) is 2.88. The van der Waals surface area contributed by atoms with Crippen LogP contribution in [-0.4, -0.2) is 6.61 Å². The number of benzene rings is 1. The van der Waals surface area contributed by atoms with Crippen molar-refractivity contribution < 1.29 is 4.74 Å². The fourth-order valence-corrected chi connectivity index (χ4v) is 3.61. The van der Waals surface area contributed by atoms with Crippen LogP contribution >= 0.6 is 27.3 Å². The molecule has 0 saturated carbocycles. The summed E-state index contributed by atoms with van der Waals surface area (Å²) in [7, 11) is 0. The first-order chi connectivity index (χ1) is 8.76. The quantitative estimate of drug-likeness (QED) is 0.687. The maximum atomic E-state index is 5.69. The van der Waals surface area contributed by atoms with Crippen LogP contribution in [0.5, 0.6) is 5.75 Å². The minimum Gasteiger partial charge on any atom is -0.494 e. The highest BCUT2D eigenvalue weighted by Gasteiger charge is 2.16. The van der Waals surface area contributed by atoms with E-state index >= 15 is 0 Å². The van der Waals surface area contributed by atoms with Gasteiger partial charge in [0.05, 0.1) is 11.4 Å². The molecule has 0 bridgehead atoms. The number of thiophene rings is 1. The summed E-state index contributed by atoms with van der Waals surface area (Å²) in [5.74, 6) is 0.966. The van der Waals surface area contributed by atoms with Crippen molar-refractivity contribution in [2.45, 2.75) is 25.1 Å². The maximum absolute atomic E-state index is 5.69. The summed E-state index contributed by atoms with van der Waals surface area (Å²) in [5.41, 5.74) is 1.20. The number of ether oxygens (including phenoxy) is 1. The maximum Gasteiger partial charge on any atom is 0.123 e. The Morgan fingerprint density at radius 2 is 1.94 bits per heavy atom. The Balaban J connectivity index is 2.29. The summed E-state index contributed by atoms with van der Waals surface area (Å²) in [6.45, 7) is 4.90. The van der Waals surface area contributed by atoms with Crippen molar-refractivity contribution in [2.75, 3.05) is 6.61 Å². The van der Waals surface area contributed by atoms with Crippen molar-refractivity contribution in [3.05, 3.63) is 51.7 Å². The largest absolute Gasteiger partial charge is 0.494 e. The topological polar surface area (TPSA) is 9.23 Å². The second-order valence-corrected chi connectivity index (χ2v) is 6.11. The number of aryl methyl sites for hydroxylation is 1. The van der Waals surface area contributed by atoms with E-state index in [1.807, 2.05) is 30.4 Å². The standard InChI is InChI=1S/C15H17BrOS/c1-3-11-9-10-14(18-11)15(16)12-7-5-6-8-13(12)17-4-2/h5-10,15H,3-4H2,1-2H3. The smallest absolute Gasteiger partial charge is 0.123 e. The van der Waals surface area contributed by atoms with Gasteiger partial charge in [0.25, 0.3) is 0 Å². The number of rotatable bonds is 5. The molecule has 1 heterocycles. The minimum absolute atomic E-state index is 0.213. The summed E-state index contributed by atoms with van der Waals surface area (Å²) in [6, 6.07) is 12.6. The van der Waals surface area contributed by atoms with E-state index in [0.717, 1.165) is 12.2 Å². The van der Waals surface area contributed by atoms with Crippen LogP contribution in [0.25, 0.3) is 0 Å². The van der Waals surface area contributed by atoms with Crippen molar-refractivity contribution in [3.63, 3.8) is 0 Å². The van der Waals surface area contributed by atoms with Crippen LogP contribution in [0.1, 0.15) is 34.0 Å². The Kier molecular flexibility index (Phi) is 4.84. The van der Waals surface area contributed by atoms with E-state index in [0.29, 0.717) is 6.61 Å². The van der Waals surface area contributed by atoms with Crippen molar-refractivity contribution in [2.24, 2.45) is 0 Å². The predicted octanol–water partition coefficient (Wildman–Crippen LogP) is 5.19. The van der Waals surface area contributed by atoms with Gasteiger partial charge in [0.2, 0.25) is 0 Å². The van der Waals surface area contributed by atoms with Gasteiger partial charge in [-0.2, -0.15) is 0 Å². The van der Waals surface area contributed by atoms with E-state index in [9.17, 15) is 0 Å². The third-order valence-corrected chi connectivity index (χ3v) is 5.36. The normalized spacial score (nSPS) is 12.4. The molecule has 1 atom stereocenters. The first-order valence-electron chi connectivity index (χ1n) is 6.20. The van der Waals surface area contributed by atoms with Gasteiger partial charge in [0, 0.05) is 15.3 Å². The van der Waals surface area contributed by atoms with Gasteiger partial charge in [0.1, 0.15) is 5.75 Å². The highest BCUT2D eigenvalue weighted by molar-refractivity contribution is 9.09. The van der Waals surface area contributed by atoms with Crippen LogP contribution in [0.15, 0.2) is 36.4 Å². The van der Waals surface area contributed by atoms with Gasteiger partial charge in [0.15, 0.2) is 0 Å². The Hall–Kier alpha value is -0.800. The summed E-state index contributed by atoms with van der Waals surface area (Å²) in [6.07, 6.45) is 1.09. The van der Waals surface area contributed by atoms with Gasteiger partial charge in [-0.3, -0.25) is 0 Å². The molecule has 96 valence electrons. The molecule has 0 aliphatic heterocycles. The van der Waals surface area contributed by atoms with E-state index in [-0.39, 0.29) is 4.83 Å². The van der Waals surface area contributed by atoms with Gasteiger partial charge < -0.3 is 4.74 Å². The first-order valence-corrected chi connectivity index (χ1v) is 7.93. The second kappa shape index (κ2) is 6.39. The lowest BCUT2D eigenvalue weighted by Gasteiger charge is -2.13. The molecule has 0 spiro atoms. The van der Waals surface area contributed by atoms with Gasteiger partial charge in [-0.1, -0.05) is 41.1 Å². The highest BCUT2D eigenvalue weighted by Crippen LogP contribution is 2.39. The molecule has 1 nitrogen and oxygen atoms in total. The Bertz CT molecular complexity index is 507. The van der Waals surface area contributed by atoms with Crippen LogP contribution in [0, 0.1) is 0 Å². The SMILES string of the molecule is CCOc1ccccc1C(Br)c1ccc(CC)s1. The van der Waals surface area contributed by atoms with E-state index in [4.69, 9.17) is 4.74 Å². The molecular formula is C15H17BrOS. The Morgan fingerprint density at radius 1 is 1.17 bits per heavy atom. The molecule has 0 radical (unpaired) electrons. The summed E-state index contributed by atoms with van der Waals surface area (Å²) in [5, 5.41) is 0. The second-order valence-electron chi connectivity index (χ2n) is 3.99. The van der Waals surface area contributed by atoms with Crippen molar-refractivity contribution in [3.8, 4) is 5.75 Å². The molecular weight excluding hydrogens is 308 g/mol. The molecule has 3 heteroatoms. The fraction of sp³-hybridized carbons (Fsp3) is 0.333. The van der Waals surface area contributed by atoms with E-state index in [2.05, 4.69) is 47.1 Å². The van der Waals surface area contributed by atoms with Crippen LogP contribution in [-0.2, 0) is 6.42 Å². The minimum atomic E-state index is 0.213. The number of alkyl halides is 1. The molecule has 1 aromatic heterocycles. The van der Waals surface area contributed by atoms with Crippen LogP contribution < -0.4 is 4.74 Å². The van der Waals surface area contributed by atoms with E-state index in [1.165, 1.54) is 15.3 Å². The molecule has 2 aromatic rings. The molecule has 0 aliphatic carbocycles. The number of hydrogen-bond acceptors (Lipinski definition) is 2. The zero-order valence-electron chi connectivity index (χ0n) is 10.7. The molecule has 1 unspecified atom stereocenters. The van der Waals surface area contributed by atoms with E-state index in [1.54, 1.807) is 0 Å². The van der Waals surface area contributed by atoms with Gasteiger partial charge >= 0.3 is 0 Å². The predicted molar refractivity (Wildman–Crippen MR) is 82.1 cm³/mol. The van der Waals surface area contributed by atoms with Crippen molar-refractivity contribution in [1.29, 1.82) is 0 Å². The van der Waals surface area contributed by atoms with Gasteiger partial charge in [-0.05, 0) is 31.5 Å². The van der Waals surface area contributed by atoms with Crippen LogP contribution in [0.3, 0.4) is 0 Å². The lowest BCUT2D eigenvalue weighted by atomic mass is 10.1. The summed E-state index contributed by atoms with van der Waals surface area (Å²) < 4.78 is 5.69.